The van der Waals surface area contributed by atoms with E-state index in [1.54, 1.807) is 17.0 Å². The van der Waals surface area contributed by atoms with Gasteiger partial charge in [-0.2, -0.15) is 0 Å². The predicted octanol–water partition coefficient (Wildman–Crippen LogP) is 4.90. The first-order chi connectivity index (χ1) is 15.1. The molecule has 1 aliphatic rings. The van der Waals surface area contributed by atoms with Crippen LogP contribution in [0.4, 0.5) is 15.3 Å². The molecule has 166 valence electrons. The monoisotopic (exact) mass is 425 g/mol. The van der Waals surface area contributed by atoms with Gasteiger partial charge in [0, 0.05) is 25.3 Å². The van der Waals surface area contributed by atoms with E-state index in [9.17, 15) is 9.59 Å². The maximum atomic E-state index is 12.3. The minimum atomic E-state index is -0.322. The van der Waals surface area contributed by atoms with Crippen LogP contribution in [0.15, 0.2) is 54.6 Å². The number of para-hydroxylation sites is 1. The highest BCUT2D eigenvalue weighted by atomic mass is 16.6. The summed E-state index contributed by atoms with van der Waals surface area (Å²) in [5.74, 6) is 1.69. The molecule has 0 saturated carbocycles. The van der Waals surface area contributed by atoms with E-state index in [1.807, 2.05) is 42.5 Å². The fourth-order valence-corrected chi connectivity index (χ4v) is 3.35. The van der Waals surface area contributed by atoms with Gasteiger partial charge in [0.05, 0.1) is 6.61 Å². The minimum absolute atomic E-state index is 0.231. The SMILES string of the molecule is CCCCOc1ccc(NC(=O)NCC2CCN(C(=O)Oc3ccccc3)CC2)cc1. The number of anilines is 1. The number of nitrogens with one attached hydrogen (secondary N) is 2. The van der Waals surface area contributed by atoms with E-state index in [-0.39, 0.29) is 12.1 Å². The number of amides is 3. The van der Waals surface area contributed by atoms with E-state index in [0.717, 1.165) is 37.1 Å². The summed E-state index contributed by atoms with van der Waals surface area (Å²) in [5, 5.41) is 5.77. The first-order valence-corrected chi connectivity index (χ1v) is 10.9. The second-order valence-electron chi connectivity index (χ2n) is 7.67. The highest BCUT2D eigenvalue weighted by Crippen LogP contribution is 2.19. The Labute approximate surface area is 183 Å². The lowest BCUT2D eigenvalue weighted by Gasteiger charge is -2.31. The molecule has 2 aromatic rings. The maximum absolute atomic E-state index is 12.3. The topological polar surface area (TPSA) is 79.9 Å². The van der Waals surface area contributed by atoms with Crippen molar-refractivity contribution in [1.29, 1.82) is 0 Å². The molecule has 1 heterocycles. The van der Waals surface area contributed by atoms with Crippen molar-refractivity contribution in [2.75, 3.05) is 31.6 Å². The average molecular weight is 426 g/mol. The van der Waals surface area contributed by atoms with Gasteiger partial charge in [0.25, 0.3) is 0 Å². The fourth-order valence-electron chi connectivity index (χ4n) is 3.35. The van der Waals surface area contributed by atoms with Crippen molar-refractivity contribution in [3.8, 4) is 11.5 Å². The molecule has 0 aromatic heterocycles. The molecule has 7 heteroatoms. The lowest BCUT2D eigenvalue weighted by molar-refractivity contribution is 0.130. The van der Waals surface area contributed by atoms with Crippen LogP contribution in [0.5, 0.6) is 11.5 Å². The molecule has 3 rings (SSSR count). The maximum Gasteiger partial charge on any atom is 0.415 e. The van der Waals surface area contributed by atoms with Crippen molar-refractivity contribution >= 4 is 17.8 Å². The molecule has 0 radical (unpaired) electrons. The highest BCUT2D eigenvalue weighted by molar-refractivity contribution is 5.89. The van der Waals surface area contributed by atoms with Crippen molar-refractivity contribution in [1.82, 2.24) is 10.2 Å². The van der Waals surface area contributed by atoms with E-state index in [0.29, 0.717) is 37.9 Å². The van der Waals surface area contributed by atoms with E-state index >= 15 is 0 Å². The third kappa shape index (κ3) is 7.51. The summed E-state index contributed by atoms with van der Waals surface area (Å²) in [4.78, 5) is 26.2. The molecular weight excluding hydrogens is 394 g/mol. The molecule has 0 atom stereocenters. The molecule has 0 bridgehead atoms. The number of hydrogen-bond acceptors (Lipinski definition) is 4. The number of likely N-dealkylation sites (tertiary alicyclic amines) is 1. The van der Waals surface area contributed by atoms with Crippen LogP contribution in [0.2, 0.25) is 0 Å². The Bertz CT molecular complexity index is 818. The van der Waals surface area contributed by atoms with Crippen molar-refractivity contribution in [2.45, 2.75) is 32.6 Å². The van der Waals surface area contributed by atoms with Crippen molar-refractivity contribution < 1.29 is 19.1 Å². The van der Waals surface area contributed by atoms with Gasteiger partial charge in [-0.25, -0.2) is 9.59 Å². The molecule has 1 fully saturated rings. The zero-order valence-electron chi connectivity index (χ0n) is 18.0. The highest BCUT2D eigenvalue weighted by Gasteiger charge is 2.24. The fraction of sp³-hybridized carbons (Fsp3) is 0.417. The van der Waals surface area contributed by atoms with Gasteiger partial charge < -0.3 is 25.0 Å². The Morgan fingerprint density at radius 3 is 2.39 bits per heavy atom. The smallest absolute Gasteiger partial charge is 0.415 e. The Kier molecular flexibility index (Phi) is 8.58. The number of nitrogens with zero attached hydrogens (tertiary/aromatic N) is 1. The largest absolute Gasteiger partial charge is 0.494 e. The molecule has 1 saturated heterocycles. The van der Waals surface area contributed by atoms with Gasteiger partial charge in [-0.1, -0.05) is 31.5 Å². The number of rotatable bonds is 8. The van der Waals surface area contributed by atoms with E-state index in [1.165, 1.54) is 0 Å². The molecule has 0 aliphatic carbocycles. The zero-order chi connectivity index (χ0) is 21.9. The molecule has 1 aliphatic heterocycles. The van der Waals surface area contributed by atoms with Crippen LogP contribution in [0.25, 0.3) is 0 Å². The second kappa shape index (κ2) is 11.8. The molecule has 0 spiro atoms. The van der Waals surface area contributed by atoms with Gasteiger partial charge in [-0.05, 0) is 61.6 Å². The van der Waals surface area contributed by atoms with Gasteiger partial charge in [0.1, 0.15) is 11.5 Å². The summed E-state index contributed by atoms with van der Waals surface area (Å²) in [5.41, 5.74) is 0.721. The van der Waals surface area contributed by atoms with Crippen LogP contribution < -0.4 is 20.1 Å². The summed E-state index contributed by atoms with van der Waals surface area (Å²) in [6, 6.07) is 16.2. The predicted molar refractivity (Wildman–Crippen MR) is 121 cm³/mol. The molecule has 2 aromatic carbocycles. The first kappa shape index (κ1) is 22.5. The van der Waals surface area contributed by atoms with Gasteiger partial charge >= 0.3 is 12.1 Å². The first-order valence-electron chi connectivity index (χ1n) is 10.9. The molecular formula is C24H31N3O4. The number of piperidine rings is 1. The molecule has 3 amide bonds. The molecule has 0 unspecified atom stereocenters. The van der Waals surface area contributed by atoms with Gasteiger partial charge in [0.15, 0.2) is 0 Å². The summed E-state index contributed by atoms with van der Waals surface area (Å²) in [7, 11) is 0. The van der Waals surface area contributed by atoms with Gasteiger partial charge in [-0.3, -0.25) is 0 Å². The van der Waals surface area contributed by atoms with Gasteiger partial charge in [-0.15, -0.1) is 0 Å². The summed E-state index contributed by atoms with van der Waals surface area (Å²) < 4.78 is 11.0. The van der Waals surface area contributed by atoms with Crippen LogP contribution in [0.3, 0.4) is 0 Å². The van der Waals surface area contributed by atoms with Crippen molar-refractivity contribution in [3.63, 3.8) is 0 Å². The molecule has 31 heavy (non-hydrogen) atoms. The zero-order valence-corrected chi connectivity index (χ0v) is 18.0. The van der Waals surface area contributed by atoms with E-state index < -0.39 is 0 Å². The lowest BCUT2D eigenvalue weighted by Crippen LogP contribution is -2.43. The number of hydrogen-bond donors (Lipinski definition) is 2. The van der Waals surface area contributed by atoms with Crippen LogP contribution in [-0.4, -0.2) is 43.3 Å². The van der Waals surface area contributed by atoms with Gasteiger partial charge in [0.2, 0.25) is 0 Å². The van der Waals surface area contributed by atoms with Crippen LogP contribution >= 0.6 is 0 Å². The number of urea groups is 1. The lowest BCUT2D eigenvalue weighted by atomic mass is 9.97. The number of carbonyl (C=O) groups excluding carboxylic acids is 2. The average Bonchev–Trinajstić information content (AvgIpc) is 2.80. The standard InChI is InChI=1S/C24H31N3O4/c1-2-3-17-30-21-11-9-20(10-12-21)26-23(28)25-18-19-13-15-27(16-14-19)24(29)31-22-7-5-4-6-8-22/h4-12,19H,2-3,13-18H2,1H3,(H2,25,26,28). The third-order valence-corrected chi connectivity index (χ3v) is 5.25. The Balaban J connectivity index is 1.33. The normalized spacial score (nSPS) is 14.0. The summed E-state index contributed by atoms with van der Waals surface area (Å²) in [6.45, 7) is 4.65. The second-order valence-corrected chi connectivity index (χ2v) is 7.67. The van der Waals surface area contributed by atoms with Crippen molar-refractivity contribution in [3.05, 3.63) is 54.6 Å². The van der Waals surface area contributed by atoms with E-state index in [4.69, 9.17) is 9.47 Å². The Morgan fingerprint density at radius 2 is 1.71 bits per heavy atom. The molecule has 2 N–H and O–H groups in total. The number of benzene rings is 2. The Morgan fingerprint density at radius 1 is 1.00 bits per heavy atom. The Hall–Kier alpha value is -3.22. The summed E-state index contributed by atoms with van der Waals surface area (Å²) in [6.07, 6.45) is 3.45. The quantitative estimate of drug-likeness (QED) is 0.590. The number of ether oxygens (including phenoxy) is 2. The number of unbranched alkanes of at least 4 members (excludes halogenated alkanes) is 1. The van der Waals surface area contributed by atoms with Crippen LogP contribution in [-0.2, 0) is 0 Å². The van der Waals surface area contributed by atoms with E-state index in [2.05, 4.69) is 17.6 Å². The van der Waals surface area contributed by atoms with Crippen LogP contribution in [0.1, 0.15) is 32.6 Å². The number of carbonyl (C=O) groups is 2. The van der Waals surface area contributed by atoms with Crippen molar-refractivity contribution in [2.24, 2.45) is 5.92 Å². The third-order valence-electron chi connectivity index (χ3n) is 5.25. The van der Waals surface area contributed by atoms with Crippen LogP contribution in [0, 0.1) is 5.92 Å². The minimum Gasteiger partial charge on any atom is -0.494 e. The summed E-state index contributed by atoms with van der Waals surface area (Å²) >= 11 is 0. The molecule has 7 nitrogen and oxygen atoms in total.